The summed E-state index contributed by atoms with van der Waals surface area (Å²) in [5.41, 5.74) is 2.33. The SMILES string of the molecule is Cc1cc(=O)[nH]nc1-c1ccc(Oc2ccc(Br)cc2)cc1. The fourth-order valence-corrected chi connectivity index (χ4v) is 2.37. The van der Waals surface area contributed by atoms with Crippen LogP contribution in [0.3, 0.4) is 0 Å². The molecule has 22 heavy (non-hydrogen) atoms. The molecule has 0 aliphatic heterocycles. The first-order valence-corrected chi connectivity index (χ1v) is 7.51. The molecule has 0 atom stereocenters. The fourth-order valence-electron chi connectivity index (χ4n) is 2.11. The van der Waals surface area contributed by atoms with Gasteiger partial charge in [0.2, 0.25) is 0 Å². The second kappa shape index (κ2) is 6.15. The van der Waals surface area contributed by atoms with Crippen molar-refractivity contribution in [3.8, 4) is 22.8 Å². The Balaban J connectivity index is 1.83. The van der Waals surface area contributed by atoms with Crippen molar-refractivity contribution >= 4 is 15.9 Å². The third-order valence-corrected chi connectivity index (χ3v) is 3.70. The molecule has 1 heterocycles. The third-order valence-electron chi connectivity index (χ3n) is 3.18. The smallest absolute Gasteiger partial charge is 0.264 e. The lowest BCUT2D eigenvalue weighted by Gasteiger charge is -2.07. The molecule has 2 aromatic carbocycles. The summed E-state index contributed by atoms with van der Waals surface area (Å²) in [5, 5.41) is 6.55. The maximum absolute atomic E-state index is 11.2. The van der Waals surface area contributed by atoms with Gasteiger partial charge in [-0.25, -0.2) is 5.10 Å². The number of nitrogens with one attached hydrogen (secondary N) is 1. The highest BCUT2D eigenvalue weighted by molar-refractivity contribution is 9.10. The molecule has 0 unspecified atom stereocenters. The number of aryl methyl sites for hydroxylation is 1. The second-order valence-electron chi connectivity index (χ2n) is 4.84. The Hall–Kier alpha value is -2.40. The maximum atomic E-state index is 11.2. The molecular weight excluding hydrogens is 344 g/mol. The number of rotatable bonds is 3. The van der Waals surface area contributed by atoms with Gasteiger partial charge in [-0.3, -0.25) is 4.79 Å². The number of aromatic nitrogens is 2. The minimum Gasteiger partial charge on any atom is -0.457 e. The van der Waals surface area contributed by atoms with Gasteiger partial charge in [0.15, 0.2) is 0 Å². The summed E-state index contributed by atoms with van der Waals surface area (Å²) in [6, 6.07) is 16.8. The summed E-state index contributed by atoms with van der Waals surface area (Å²) in [4.78, 5) is 11.2. The maximum Gasteiger partial charge on any atom is 0.264 e. The lowest BCUT2D eigenvalue weighted by atomic mass is 10.1. The molecule has 3 aromatic rings. The van der Waals surface area contributed by atoms with Crippen LogP contribution in [0.4, 0.5) is 0 Å². The lowest BCUT2D eigenvalue weighted by molar-refractivity contribution is 0.482. The van der Waals surface area contributed by atoms with Crippen LogP contribution in [0.5, 0.6) is 11.5 Å². The van der Waals surface area contributed by atoms with E-state index in [0.717, 1.165) is 32.8 Å². The van der Waals surface area contributed by atoms with Crippen molar-refractivity contribution in [3.63, 3.8) is 0 Å². The van der Waals surface area contributed by atoms with Crippen molar-refractivity contribution < 1.29 is 4.74 Å². The average molecular weight is 357 g/mol. The van der Waals surface area contributed by atoms with E-state index in [1.54, 1.807) is 0 Å². The molecule has 0 saturated heterocycles. The number of halogens is 1. The first-order valence-electron chi connectivity index (χ1n) is 6.72. The van der Waals surface area contributed by atoms with E-state index in [0.29, 0.717) is 0 Å². The summed E-state index contributed by atoms with van der Waals surface area (Å²) >= 11 is 3.39. The zero-order valence-corrected chi connectivity index (χ0v) is 13.4. The van der Waals surface area contributed by atoms with Crippen molar-refractivity contribution in [1.82, 2.24) is 10.2 Å². The molecule has 0 bridgehead atoms. The summed E-state index contributed by atoms with van der Waals surface area (Å²) in [6.07, 6.45) is 0. The van der Waals surface area contributed by atoms with Crippen molar-refractivity contribution in [3.05, 3.63) is 75.0 Å². The van der Waals surface area contributed by atoms with Gasteiger partial charge in [-0.1, -0.05) is 15.9 Å². The summed E-state index contributed by atoms with van der Waals surface area (Å²) in [5.74, 6) is 1.52. The lowest BCUT2D eigenvalue weighted by Crippen LogP contribution is -2.08. The first-order chi connectivity index (χ1) is 10.6. The standard InChI is InChI=1S/C17H13BrN2O2/c1-11-10-16(21)19-20-17(11)12-2-6-14(7-3-12)22-15-8-4-13(18)5-9-15/h2-10H,1H3,(H,19,21). The Morgan fingerprint density at radius 1 is 1.00 bits per heavy atom. The van der Waals surface area contributed by atoms with Crippen molar-refractivity contribution in [1.29, 1.82) is 0 Å². The Morgan fingerprint density at radius 2 is 1.59 bits per heavy atom. The highest BCUT2D eigenvalue weighted by Gasteiger charge is 2.05. The molecular formula is C17H13BrN2O2. The highest BCUT2D eigenvalue weighted by atomic mass is 79.9. The van der Waals surface area contributed by atoms with Gasteiger partial charge < -0.3 is 4.74 Å². The van der Waals surface area contributed by atoms with Crippen LogP contribution in [0.15, 0.2) is 63.9 Å². The van der Waals surface area contributed by atoms with E-state index in [-0.39, 0.29) is 5.56 Å². The second-order valence-corrected chi connectivity index (χ2v) is 5.76. The minimum atomic E-state index is -0.198. The highest BCUT2D eigenvalue weighted by Crippen LogP contribution is 2.26. The van der Waals surface area contributed by atoms with E-state index in [4.69, 9.17) is 4.74 Å². The average Bonchev–Trinajstić information content (AvgIpc) is 2.51. The number of benzene rings is 2. The van der Waals surface area contributed by atoms with Crippen LogP contribution in [0.25, 0.3) is 11.3 Å². The van der Waals surface area contributed by atoms with Gasteiger partial charge in [-0.05, 0) is 61.0 Å². The molecule has 1 N–H and O–H groups in total. The largest absolute Gasteiger partial charge is 0.457 e. The Kier molecular flexibility index (Phi) is 4.06. The van der Waals surface area contributed by atoms with Gasteiger partial charge in [0.1, 0.15) is 11.5 Å². The number of nitrogens with zero attached hydrogens (tertiary/aromatic N) is 1. The molecule has 0 saturated carbocycles. The summed E-state index contributed by atoms with van der Waals surface area (Å²) in [7, 11) is 0. The molecule has 0 aliphatic carbocycles. The van der Waals surface area contributed by atoms with Crippen molar-refractivity contribution in [2.75, 3.05) is 0 Å². The van der Waals surface area contributed by atoms with Crippen LogP contribution >= 0.6 is 15.9 Å². The molecule has 3 rings (SSSR count). The number of hydrogen-bond donors (Lipinski definition) is 1. The van der Waals surface area contributed by atoms with Crippen LogP contribution in [0, 0.1) is 6.92 Å². The zero-order valence-electron chi connectivity index (χ0n) is 11.8. The molecule has 5 heteroatoms. The molecule has 0 spiro atoms. The summed E-state index contributed by atoms with van der Waals surface area (Å²) in [6.45, 7) is 1.86. The Labute approximate surface area is 135 Å². The number of H-pyrrole nitrogens is 1. The zero-order chi connectivity index (χ0) is 15.5. The van der Waals surface area contributed by atoms with E-state index >= 15 is 0 Å². The monoisotopic (exact) mass is 356 g/mol. The molecule has 0 fully saturated rings. The van der Waals surface area contributed by atoms with Gasteiger partial charge in [-0.2, -0.15) is 5.10 Å². The van der Waals surface area contributed by atoms with Crippen LogP contribution in [-0.2, 0) is 0 Å². The minimum absolute atomic E-state index is 0.198. The van der Waals surface area contributed by atoms with E-state index < -0.39 is 0 Å². The van der Waals surface area contributed by atoms with Gasteiger partial charge in [0.05, 0.1) is 5.69 Å². The predicted molar refractivity (Wildman–Crippen MR) is 89.2 cm³/mol. The molecule has 1 aromatic heterocycles. The molecule has 4 nitrogen and oxygen atoms in total. The van der Waals surface area contributed by atoms with Crippen LogP contribution < -0.4 is 10.3 Å². The molecule has 0 radical (unpaired) electrons. The van der Waals surface area contributed by atoms with Crippen molar-refractivity contribution in [2.24, 2.45) is 0 Å². The van der Waals surface area contributed by atoms with Gasteiger partial charge >= 0.3 is 0 Å². The van der Waals surface area contributed by atoms with Crippen LogP contribution in [0.1, 0.15) is 5.56 Å². The van der Waals surface area contributed by atoms with Crippen LogP contribution in [0.2, 0.25) is 0 Å². The third kappa shape index (κ3) is 3.26. The predicted octanol–water partition coefficient (Wildman–Crippen LogP) is 4.30. The van der Waals surface area contributed by atoms with Crippen LogP contribution in [-0.4, -0.2) is 10.2 Å². The Bertz CT molecular complexity index is 840. The van der Waals surface area contributed by atoms with Gasteiger partial charge in [0.25, 0.3) is 5.56 Å². The fraction of sp³-hybridized carbons (Fsp3) is 0.0588. The summed E-state index contributed by atoms with van der Waals surface area (Å²) < 4.78 is 6.78. The van der Waals surface area contributed by atoms with E-state index in [1.165, 1.54) is 6.07 Å². The van der Waals surface area contributed by atoms with Gasteiger partial charge in [-0.15, -0.1) is 0 Å². The Morgan fingerprint density at radius 3 is 2.18 bits per heavy atom. The topological polar surface area (TPSA) is 55.0 Å². The number of aromatic amines is 1. The van der Waals surface area contributed by atoms with Gasteiger partial charge in [0, 0.05) is 16.1 Å². The molecule has 110 valence electrons. The number of ether oxygens (including phenoxy) is 1. The normalized spacial score (nSPS) is 10.5. The molecule has 0 amide bonds. The molecule has 0 aliphatic rings. The van der Waals surface area contributed by atoms with Crippen molar-refractivity contribution in [2.45, 2.75) is 6.92 Å². The van der Waals surface area contributed by atoms with E-state index in [9.17, 15) is 4.79 Å². The van der Waals surface area contributed by atoms with E-state index in [1.807, 2.05) is 55.5 Å². The number of hydrogen-bond acceptors (Lipinski definition) is 3. The first kappa shape index (κ1) is 14.5. The van der Waals surface area contributed by atoms with E-state index in [2.05, 4.69) is 26.1 Å². The quantitative estimate of drug-likeness (QED) is 0.760.